The molecule has 3 rings (SSSR count). The van der Waals surface area contributed by atoms with Crippen LogP contribution in [0.15, 0.2) is 42.0 Å². The SMILES string of the molecule is Nc1ncccc1C(=O)c1cnc2ccsc2c1. The molecule has 0 amide bonds. The number of nitrogens with zero attached hydrogens (tertiary/aromatic N) is 2. The smallest absolute Gasteiger partial charge is 0.198 e. The Hall–Kier alpha value is -2.27. The topological polar surface area (TPSA) is 68.9 Å². The number of nitrogens with two attached hydrogens (primary N) is 1. The molecule has 3 aromatic rings. The van der Waals surface area contributed by atoms with Crippen molar-refractivity contribution in [1.29, 1.82) is 0 Å². The molecule has 3 aromatic heterocycles. The summed E-state index contributed by atoms with van der Waals surface area (Å²) in [6.45, 7) is 0. The van der Waals surface area contributed by atoms with Gasteiger partial charge in [0.1, 0.15) is 5.82 Å². The molecule has 18 heavy (non-hydrogen) atoms. The molecule has 0 aliphatic carbocycles. The molecule has 0 bridgehead atoms. The average molecular weight is 255 g/mol. The quantitative estimate of drug-likeness (QED) is 0.714. The Morgan fingerprint density at radius 3 is 3.00 bits per heavy atom. The van der Waals surface area contributed by atoms with Crippen molar-refractivity contribution in [3.05, 3.63) is 53.2 Å². The molecule has 0 aliphatic heterocycles. The molecule has 2 N–H and O–H groups in total. The lowest BCUT2D eigenvalue weighted by Gasteiger charge is -2.03. The van der Waals surface area contributed by atoms with E-state index in [-0.39, 0.29) is 11.6 Å². The lowest BCUT2D eigenvalue weighted by molar-refractivity contribution is 0.103. The van der Waals surface area contributed by atoms with Gasteiger partial charge in [-0.2, -0.15) is 0 Å². The average Bonchev–Trinajstić information content (AvgIpc) is 2.85. The highest BCUT2D eigenvalue weighted by Crippen LogP contribution is 2.21. The number of hydrogen-bond acceptors (Lipinski definition) is 5. The normalized spacial score (nSPS) is 10.7. The lowest BCUT2D eigenvalue weighted by Crippen LogP contribution is -2.06. The summed E-state index contributed by atoms with van der Waals surface area (Å²) in [7, 11) is 0. The zero-order chi connectivity index (χ0) is 12.5. The maximum atomic E-state index is 12.3. The van der Waals surface area contributed by atoms with Gasteiger partial charge in [-0.15, -0.1) is 11.3 Å². The Morgan fingerprint density at radius 1 is 1.28 bits per heavy atom. The predicted octanol–water partition coefficient (Wildman–Crippen LogP) is 2.50. The standard InChI is InChI=1S/C13H9N3OS/c14-13-9(2-1-4-15-13)12(17)8-6-11-10(16-7-8)3-5-18-11/h1-7H,(H2,14,15). The first kappa shape index (κ1) is 10.9. The van der Waals surface area contributed by atoms with Crippen molar-refractivity contribution >= 4 is 33.2 Å². The van der Waals surface area contributed by atoms with E-state index < -0.39 is 0 Å². The van der Waals surface area contributed by atoms with E-state index in [0.717, 1.165) is 10.2 Å². The van der Waals surface area contributed by atoms with E-state index in [1.165, 1.54) is 0 Å². The molecule has 5 heteroatoms. The van der Waals surface area contributed by atoms with Crippen molar-refractivity contribution in [3.8, 4) is 0 Å². The van der Waals surface area contributed by atoms with Crippen LogP contribution in [0.1, 0.15) is 15.9 Å². The maximum Gasteiger partial charge on any atom is 0.198 e. The number of carbonyl (C=O) groups excluding carboxylic acids is 1. The number of ketones is 1. The molecule has 0 fully saturated rings. The van der Waals surface area contributed by atoms with Gasteiger partial charge in [0.2, 0.25) is 0 Å². The fourth-order valence-corrected chi connectivity index (χ4v) is 2.52. The molecule has 0 unspecified atom stereocenters. The number of carbonyl (C=O) groups is 1. The first-order valence-electron chi connectivity index (χ1n) is 5.34. The largest absolute Gasteiger partial charge is 0.383 e. The maximum absolute atomic E-state index is 12.3. The molecule has 0 saturated heterocycles. The molecule has 3 heterocycles. The first-order chi connectivity index (χ1) is 8.75. The molecule has 0 saturated carbocycles. The molecule has 0 aliphatic rings. The van der Waals surface area contributed by atoms with Gasteiger partial charge < -0.3 is 5.73 Å². The highest BCUT2D eigenvalue weighted by molar-refractivity contribution is 7.17. The zero-order valence-corrected chi connectivity index (χ0v) is 10.1. The van der Waals surface area contributed by atoms with Crippen LogP contribution in [0.3, 0.4) is 0 Å². The third kappa shape index (κ3) is 1.74. The fourth-order valence-electron chi connectivity index (χ4n) is 1.74. The summed E-state index contributed by atoms with van der Waals surface area (Å²) in [5, 5.41) is 1.95. The Labute approximate surface area is 107 Å². The molecule has 0 radical (unpaired) electrons. The number of anilines is 1. The number of thiophene rings is 1. The van der Waals surface area contributed by atoms with Crippen molar-refractivity contribution in [1.82, 2.24) is 9.97 Å². The van der Waals surface area contributed by atoms with Gasteiger partial charge in [-0.05, 0) is 29.6 Å². The van der Waals surface area contributed by atoms with Crippen molar-refractivity contribution in [2.45, 2.75) is 0 Å². The molecular weight excluding hydrogens is 246 g/mol. The van der Waals surface area contributed by atoms with Crippen LogP contribution >= 0.6 is 11.3 Å². The van der Waals surface area contributed by atoms with E-state index in [9.17, 15) is 4.79 Å². The van der Waals surface area contributed by atoms with Gasteiger partial charge >= 0.3 is 0 Å². The minimum atomic E-state index is -0.150. The van der Waals surface area contributed by atoms with Crippen LogP contribution in [-0.2, 0) is 0 Å². The Bertz CT molecular complexity index is 736. The van der Waals surface area contributed by atoms with E-state index in [1.54, 1.807) is 35.9 Å². The van der Waals surface area contributed by atoms with Crippen LogP contribution in [0.5, 0.6) is 0 Å². The van der Waals surface area contributed by atoms with Crippen LogP contribution in [0, 0.1) is 0 Å². The first-order valence-corrected chi connectivity index (χ1v) is 6.22. The predicted molar refractivity (Wildman–Crippen MR) is 71.7 cm³/mol. The van der Waals surface area contributed by atoms with Crippen molar-refractivity contribution in [2.75, 3.05) is 5.73 Å². The molecular formula is C13H9N3OS. The summed E-state index contributed by atoms with van der Waals surface area (Å²) in [5.74, 6) is 0.0946. The molecule has 0 aromatic carbocycles. The summed E-state index contributed by atoms with van der Waals surface area (Å²) in [6, 6.07) is 7.12. The highest BCUT2D eigenvalue weighted by atomic mass is 32.1. The zero-order valence-electron chi connectivity index (χ0n) is 9.33. The third-order valence-corrected chi connectivity index (χ3v) is 3.50. The van der Waals surface area contributed by atoms with Gasteiger partial charge in [0.25, 0.3) is 0 Å². The lowest BCUT2D eigenvalue weighted by atomic mass is 10.1. The van der Waals surface area contributed by atoms with E-state index in [2.05, 4.69) is 9.97 Å². The van der Waals surface area contributed by atoms with Crippen molar-refractivity contribution < 1.29 is 4.79 Å². The van der Waals surface area contributed by atoms with Gasteiger partial charge in [-0.3, -0.25) is 9.78 Å². The van der Waals surface area contributed by atoms with Crippen molar-refractivity contribution in [3.63, 3.8) is 0 Å². The summed E-state index contributed by atoms with van der Waals surface area (Å²) >= 11 is 1.56. The number of aromatic nitrogens is 2. The number of hydrogen-bond donors (Lipinski definition) is 1. The number of rotatable bonds is 2. The van der Waals surface area contributed by atoms with Gasteiger partial charge in [-0.1, -0.05) is 0 Å². The van der Waals surface area contributed by atoms with Crippen LogP contribution < -0.4 is 5.73 Å². The van der Waals surface area contributed by atoms with E-state index >= 15 is 0 Å². The van der Waals surface area contributed by atoms with Crippen LogP contribution in [0.4, 0.5) is 5.82 Å². The second kappa shape index (κ2) is 4.19. The van der Waals surface area contributed by atoms with Crippen LogP contribution in [0.25, 0.3) is 10.2 Å². The molecule has 0 spiro atoms. The number of nitrogen functional groups attached to an aromatic ring is 1. The Kier molecular flexibility index (Phi) is 2.53. The van der Waals surface area contributed by atoms with Gasteiger partial charge in [0.15, 0.2) is 5.78 Å². The molecule has 88 valence electrons. The van der Waals surface area contributed by atoms with Crippen molar-refractivity contribution in [2.24, 2.45) is 0 Å². The van der Waals surface area contributed by atoms with E-state index in [0.29, 0.717) is 11.1 Å². The minimum Gasteiger partial charge on any atom is -0.383 e. The van der Waals surface area contributed by atoms with E-state index in [1.807, 2.05) is 17.5 Å². The minimum absolute atomic E-state index is 0.150. The Balaban J connectivity index is 2.09. The summed E-state index contributed by atoms with van der Waals surface area (Å²) in [5.41, 5.74) is 7.54. The van der Waals surface area contributed by atoms with Crippen LogP contribution in [0.2, 0.25) is 0 Å². The second-order valence-electron chi connectivity index (χ2n) is 3.79. The summed E-state index contributed by atoms with van der Waals surface area (Å²) in [6.07, 6.45) is 3.14. The highest BCUT2D eigenvalue weighted by Gasteiger charge is 2.13. The van der Waals surface area contributed by atoms with Gasteiger partial charge in [0, 0.05) is 18.0 Å². The van der Waals surface area contributed by atoms with Gasteiger partial charge in [-0.25, -0.2) is 4.98 Å². The number of pyridine rings is 2. The van der Waals surface area contributed by atoms with E-state index in [4.69, 9.17) is 5.73 Å². The third-order valence-electron chi connectivity index (χ3n) is 2.65. The molecule has 0 atom stereocenters. The number of fused-ring (bicyclic) bond motifs is 1. The van der Waals surface area contributed by atoms with Gasteiger partial charge in [0.05, 0.1) is 15.8 Å². The fraction of sp³-hybridized carbons (Fsp3) is 0. The monoisotopic (exact) mass is 255 g/mol. The Morgan fingerprint density at radius 2 is 2.17 bits per heavy atom. The molecule has 4 nitrogen and oxygen atoms in total. The second-order valence-corrected chi connectivity index (χ2v) is 4.74. The summed E-state index contributed by atoms with van der Waals surface area (Å²) in [4.78, 5) is 20.4. The summed E-state index contributed by atoms with van der Waals surface area (Å²) < 4.78 is 0.989. The van der Waals surface area contributed by atoms with Crippen LogP contribution in [-0.4, -0.2) is 15.8 Å².